The second-order valence-electron chi connectivity index (χ2n) is 6.93. The average molecular weight is 381 g/mol. The van der Waals surface area contributed by atoms with Crippen molar-refractivity contribution in [3.8, 4) is 0 Å². The molecule has 3 nitrogen and oxygen atoms in total. The fraction of sp³-hybridized carbons (Fsp3) is 0.286. The maximum atomic E-state index is 14.3. The molecule has 0 saturated heterocycles. The van der Waals surface area contributed by atoms with Gasteiger partial charge in [-0.3, -0.25) is 0 Å². The zero-order valence-corrected chi connectivity index (χ0v) is 18.1. The molecule has 1 unspecified atom stereocenters. The summed E-state index contributed by atoms with van der Waals surface area (Å²) in [5.41, 5.74) is 6.57. The molecule has 0 bridgehead atoms. The largest absolute Gasteiger partial charge is 1.00 e. The van der Waals surface area contributed by atoms with Gasteiger partial charge < -0.3 is 15.6 Å². The minimum absolute atomic E-state index is 0. The Hall–Kier alpha value is -1.53. The zero-order chi connectivity index (χ0) is 19.5. The summed E-state index contributed by atoms with van der Waals surface area (Å²) in [6.07, 6.45) is 1.49. The molecule has 2 aromatic rings. The molecule has 0 saturated carbocycles. The van der Waals surface area contributed by atoms with Crippen LogP contribution in [0.1, 0.15) is 49.8 Å². The van der Waals surface area contributed by atoms with E-state index < -0.39 is 23.1 Å². The van der Waals surface area contributed by atoms with Gasteiger partial charge in [0.05, 0.1) is 11.5 Å². The van der Waals surface area contributed by atoms with Crippen molar-refractivity contribution >= 4 is 11.5 Å². The van der Waals surface area contributed by atoms with E-state index in [0.717, 1.165) is 17.7 Å². The summed E-state index contributed by atoms with van der Waals surface area (Å²) < 4.78 is 27.6. The monoisotopic (exact) mass is 381 g/mol. The SMILES string of the molecule is CC(C)c1ccc(C(=CCC(C)(N)C(=O)[O-])c2ccc(F)cc2F)cc1.[Na+]. The van der Waals surface area contributed by atoms with Gasteiger partial charge in [0.25, 0.3) is 0 Å². The van der Waals surface area contributed by atoms with Crippen LogP contribution in [-0.4, -0.2) is 11.5 Å². The number of hydrogen-bond donors (Lipinski definition) is 1. The smallest absolute Gasteiger partial charge is 0.548 e. The van der Waals surface area contributed by atoms with Crippen molar-refractivity contribution in [3.05, 3.63) is 76.9 Å². The third-order valence-electron chi connectivity index (χ3n) is 4.31. The van der Waals surface area contributed by atoms with E-state index in [1.807, 2.05) is 24.3 Å². The number of nitrogens with two attached hydrogens (primary N) is 1. The van der Waals surface area contributed by atoms with Crippen LogP contribution >= 0.6 is 0 Å². The van der Waals surface area contributed by atoms with E-state index in [4.69, 9.17) is 5.73 Å². The van der Waals surface area contributed by atoms with Gasteiger partial charge in [-0.15, -0.1) is 0 Å². The van der Waals surface area contributed by atoms with Crippen LogP contribution < -0.4 is 40.4 Å². The molecule has 1 atom stereocenters. The Morgan fingerprint density at radius 1 is 1.19 bits per heavy atom. The molecule has 0 fully saturated rings. The van der Waals surface area contributed by atoms with Crippen LogP contribution in [0, 0.1) is 11.6 Å². The molecule has 0 heterocycles. The summed E-state index contributed by atoms with van der Waals surface area (Å²) in [5.74, 6) is -2.47. The van der Waals surface area contributed by atoms with Crippen molar-refractivity contribution in [2.45, 2.75) is 38.6 Å². The van der Waals surface area contributed by atoms with Crippen LogP contribution in [-0.2, 0) is 4.79 Å². The molecule has 2 rings (SSSR count). The Balaban J connectivity index is 0.00000364. The normalized spacial score (nSPS) is 13.8. The van der Waals surface area contributed by atoms with E-state index in [1.165, 1.54) is 13.0 Å². The fourth-order valence-corrected chi connectivity index (χ4v) is 2.54. The first kappa shape index (κ1) is 23.5. The molecule has 0 aromatic heterocycles. The van der Waals surface area contributed by atoms with Gasteiger partial charge in [-0.1, -0.05) is 44.2 Å². The van der Waals surface area contributed by atoms with Crippen LogP contribution in [0.5, 0.6) is 0 Å². The van der Waals surface area contributed by atoms with E-state index in [2.05, 4.69) is 13.8 Å². The third-order valence-corrected chi connectivity index (χ3v) is 4.31. The van der Waals surface area contributed by atoms with E-state index in [9.17, 15) is 18.7 Å². The van der Waals surface area contributed by atoms with Crippen molar-refractivity contribution in [2.75, 3.05) is 0 Å². The summed E-state index contributed by atoms with van der Waals surface area (Å²) in [4.78, 5) is 11.1. The van der Waals surface area contributed by atoms with Crippen molar-refractivity contribution in [3.63, 3.8) is 0 Å². The Morgan fingerprint density at radius 3 is 2.26 bits per heavy atom. The second-order valence-corrected chi connectivity index (χ2v) is 6.93. The van der Waals surface area contributed by atoms with Crippen molar-refractivity contribution in [1.82, 2.24) is 0 Å². The topological polar surface area (TPSA) is 66.2 Å². The average Bonchev–Trinajstić information content (AvgIpc) is 2.56. The predicted octanol–water partition coefficient (Wildman–Crippen LogP) is 0.381. The molecular formula is C21H22F2NNaO2. The molecule has 2 N–H and O–H groups in total. The molecule has 0 aliphatic carbocycles. The van der Waals surface area contributed by atoms with Gasteiger partial charge >= 0.3 is 29.6 Å². The number of carbonyl (C=O) groups is 1. The van der Waals surface area contributed by atoms with Crippen LogP contribution in [0.25, 0.3) is 5.57 Å². The molecule has 2 aromatic carbocycles. The van der Waals surface area contributed by atoms with Gasteiger partial charge in [0.15, 0.2) is 0 Å². The molecule has 0 amide bonds. The molecule has 27 heavy (non-hydrogen) atoms. The van der Waals surface area contributed by atoms with Gasteiger partial charge in [0, 0.05) is 11.6 Å². The molecule has 0 radical (unpaired) electrons. The first-order chi connectivity index (χ1) is 12.1. The zero-order valence-electron chi connectivity index (χ0n) is 16.1. The number of halogens is 2. The Labute approximate surface area is 180 Å². The number of rotatable bonds is 6. The number of carboxylic acids is 1. The first-order valence-corrected chi connectivity index (χ1v) is 8.38. The maximum Gasteiger partial charge on any atom is 1.00 e. The maximum absolute atomic E-state index is 14.3. The number of hydrogen-bond acceptors (Lipinski definition) is 3. The van der Waals surface area contributed by atoms with Crippen molar-refractivity contribution in [1.29, 1.82) is 0 Å². The summed E-state index contributed by atoms with van der Waals surface area (Å²) in [6, 6.07) is 10.8. The quantitative estimate of drug-likeness (QED) is 0.736. The fourth-order valence-electron chi connectivity index (χ4n) is 2.54. The molecule has 138 valence electrons. The molecule has 6 heteroatoms. The standard InChI is InChI=1S/C21H23F2NO2.Na/c1-13(2)14-4-6-15(7-5-14)17(10-11-21(3,24)20(25)26)18-9-8-16(22)12-19(18)23;/h4-10,12-13H,11,24H2,1-3H3,(H,25,26);/q;+1/p-1. The Kier molecular flexibility index (Phi) is 8.36. The molecule has 0 spiro atoms. The third kappa shape index (κ3) is 5.98. The second kappa shape index (κ2) is 9.60. The summed E-state index contributed by atoms with van der Waals surface area (Å²) in [6.45, 7) is 5.45. The Bertz CT molecular complexity index is 831. The van der Waals surface area contributed by atoms with Crippen molar-refractivity contribution in [2.24, 2.45) is 5.73 Å². The van der Waals surface area contributed by atoms with Crippen LogP contribution in [0.4, 0.5) is 8.78 Å². The van der Waals surface area contributed by atoms with E-state index >= 15 is 0 Å². The number of carbonyl (C=O) groups excluding carboxylic acids is 1. The summed E-state index contributed by atoms with van der Waals surface area (Å²) in [7, 11) is 0. The van der Waals surface area contributed by atoms with Gasteiger partial charge in [-0.2, -0.15) is 0 Å². The van der Waals surface area contributed by atoms with Gasteiger partial charge in [-0.25, -0.2) is 8.78 Å². The van der Waals surface area contributed by atoms with Gasteiger partial charge in [0.1, 0.15) is 11.6 Å². The number of aliphatic carboxylic acids is 1. The van der Waals surface area contributed by atoms with Crippen LogP contribution in [0.3, 0.4) is 0 Å². The van der Waals surface area contributed by atoms with Gasteiger partial charge in [-0.05, 0) is 48.1 Å². The van der Waals surface area contributed by atoms with Gasteiger partial charge in [0.2, 0.25) is 0 Å². The van der Waals surface area contributed by atoms with Crippen LogP contribution in [0.15, 0.2) is 48.5 Å². The van der Waals surface area contributed by atoms with Crippen molar-refractivity contribution < 1.29 is 48.2 Å². The van der Waals surface area contributed by atoms with E-state index in [-0.39, 0.29) is 41.5 Å². The minimum Gasteiger partial charge on any atom is -0.548 e. The van der Waals surface area contributed by atoms with Crippen LogP contribution in [0.2, 0.25) is 0 Å². The van der Waals surface area contributed by atoms with E-state index in [1.54, 1.807) is 6.08 Å². The molecule has 0 aliphatic heterocycles. The van der Waals surface area contributed by atoms with E-state index in [0.29, 0.717) is 17.1 Å². The number of benzene rings is 2. The molecule has 0 aliphatic rings. The summed E-state index contributed by atoms with van der Waals surface area (Å²) >= 11 is 0. The Morgan fingerprint density at radius 2 is 1.78 bits per heavy atom. The molecular weight excluding hydrogens is 359 g/mol. The summed E-state index contributed by atoms with van der Waals surface area (Å²) in [5, 5.41) is 11.1. The number of carboxylic acid groups (broad SMARTS) is 1. The first-order valence-electron chi connectivity index (χ1n) is 8.38. The predicted molar refractivity (Wildman–Crippen MR) is 96.2 cm³/mol. The minimum atomic E-state index is -1.60.